The van der Waals surface area contributed by atoms with Gasteiger partial charge in [-0.15, -0.1) is 5.10 Å². The largest absolute Gasteiger partial charge is 0.494 e. The molecule has 2 aromatic carbocycles. The molecule has 1 atom stereocenters. The number of ether oxygens (including phenoxy) is 3. The first-order valence-electron chi connectivity index (χ1n) is 9.60. The average molecular weight is 393 g/mol. The zero-order valence-corrected chi connectivity index (χ0v) is 16.6. The van der Waals surface area contributed by atoms with Crippen LogP contribution in [0.25, 0.3) is 10.8 Å². The van der Waals surface area contributed by atoms with E-state index < -0.39 is 11.9 Å². The number of aromatic amines is 1. The summed E-state index contributed by atoms with van der Waals surface area (Å²) in [5, 5.41) is 9.16. The monoisotopic (exact) mass is 393 g/mol. The van der Waals surface area contributed by atoms with Crippen LogP contribution in [0.2, 0.25) is 0 Å². The topological polar surface area (TPSA) is 99.5 Å². The molecule has 0 unspecified atom stereocenters. The van der Waals surface area contributed by atoms with Gasteiger partial charge in [-0.05, 0) is 37.6 Å². The van der Waals surface area contributed by atoms with Crippen molar-refractivity contribution < 1.29 is 19.0 Å². The van der Waals surface area contributed by atoms with E-state index in [1.165, 1.54) is 0 Å². The Labute approximate surface area is 168 Å². The van der Waals surface area contributed by atoms with Gasteiger partial charge in [-0.2, -0.15) is 0 Å². The molecule has 1 aliphatic heterocycles. The maximum atomic E-state index is 12.9. The number of nitrogens with zero attached hydrogens (tertiary/aromatic N) is 1. The normalized spacial score (nSPS) is 15.8. The van der Waals surface area contributed by atoms with Crippen molar-refractivity contribution in [3.05, 3.63) is 64.7 Å². The van der Waals surface area contributed by atoms with E-state index in [0.29, 0.717) is 18.2 Å². The maximum Gasteiger partial charge on any atom is 0.340 e. The molecule has 1 aliphatic rings. The minimum absolute atomic E-state index is 0.0113. The van der Waals surface area contributed by atoms with Crippen LogP contribution < -0.4 is 15.2 Å². The fourth-order valence-corrected chi connectivity index (χ4v) is 3.85. The molecule has 0 aliphatic carbocycles. The molecule has 0 bridgehead atoms. The summed E-state index contributed by atoms with van der Waals surface area (Å²) >= 11 is 0. The maximum absolute atomic E-state index is 12.9. The van der Waals surface area contributed by atoms with E-state index in [4.69, 9.17) is 19.9 Å². The Morgan fingerprint density at radius 3 is 2.72 bits per heavy atom. The number of hydrogen-bond acceptors (Lipinski definition) is 6. The zero-order chi connectivity index (χ0) is 20.5. The van der Waals surface area contributed by atoms with Gasteiger partial charge < -0.3 is 19.9 Å². The van der Waals surface area contributed by atoms with E-state index >= 15 is 0 Å². The number of fused-ring (bicyclic) bond motifs is 2. The summed E-state index contributed by atoms with van der Waals surface area (Å²) in [6, 6.07) is 11.9. The van der Waals surface area contributed by atoms with E-state index in [1.54, 1.807) is 6.92 Å². The third kappa shape index (κ3) is 3.08. The number of carbonyl (C=O) groups excluding carboxylic acids is 1. The number of carbonyl (C=O) groups is 1. The fraction of sp³-hybridized carbons (Fsp3) is 0.273. The number of aromatic nitrogens is 2. The molecule has 29 heavy (non-hydrogen) atoms. The molecule has 4 rings (SSSR count). The van der Waals surface area contributed by atoms with Crippen molar-refractivity contribution >= 4 is 16.7 Å². The molecule has 150 valence electrons. The van der Waals surface area contributed by atoms with Crippen LogP contribution in [0.15, 0.2) is 47.9 Å². The Hall–Kier alpha value is -3.48. The standard InChI is InChI=1S/C22H23N3O4/c1-4-27-15-11-10-13-8-6-7-9-14(13)17(15)18-16-12(3)24-25-21(16)29-20(23)19(18)22(26)28-5-2/h6-11,18H,4-5,23H2,1-3H3,(H,24,25)/t18-/m0/s1. The first kappa shape index (κ1) is 18.9. The van der Waals surface area contributed by atoms with Crippen LogP contribution >= 0.6 is 0 Å². The van der Waals surface area contributed by atoms with Gasteiger partial charge in [0.25, 0.3) is 0 Å². The Bertz CT molecular complexity index is 1120. The Balaban J connectivity index is 2.06. The Morgan fingerprint density at radius 2 is 1.97 bits per heavy atom. The molecule has 7 heteroatoms. The molecule has 3 N–H and O–H groups in total. The summed E-state index contributed by atoms with van der Waals surface area (Å²) in [6.45, 7) is 6.28. The van der Waals surface area contributed by atoms with Crippen molar-refractivity contribution in [3.63, 3.8) is 0 Å². The van der Waals surface area contributed by atoms with Crippen LogP contribution in [-0.4, -0.2) is 29.4 Å². The number of nitrogens with one attached hydrogen (secondary N) is 1. The van der Waals surface area contributed by atoms with Gasteiger partial charge >= 0.3 is 5.97 Å². The number of hydrogen-bond donors (Lipinski definition) is 2. The minimum atomic E-state index is -0.538. The van der Waals surface area contributed by atoms with Crippen LogP contribution in [0.5, 0.6) is 11.6 Å². The molecule has 0 spiro atoms. The number of esters is 1. The van der Waals surface area contributed by atoms with Gasteiger partial charge in [0.05, 0.1) is 19.1 Å². The molecule has 0 saturated heterocycles. The van der Waals surface area contributed by atoms with Gasteiger partial charge in [-0.3, -0.25) is 5.10 Å². The summed E-state index contributed by atoms with van der Waals surface area (Å²) in [7, 11) is 0. The van der Waals surface area contributed by atoms with Gasteiger partial charge in [0, 0.05) is 16.8 Å². The lowest BCUT2D eigenvalue weighted by atomic mass is 9.80. The molecule has 0 amide bonds. The SMILES string of the molecule is CCOC(=O)C1=C(N)Oc2n[nH]c(C)c2[C@H]1c1c(OCC)ccc2ccccc12. The number of nitrogens with two attached hydrogens (primary N) is 1. The number of benzene rings is 2. The lowest BCUT2D eigenvalue weighted by Gasteiger charge is -2.28. The smallest absolute Gasteiger partial charge is 0.340 e. The zero-order valence-electron chi connectivity index (χ0n) is 16.6. The predicted octanol–water partition coefficient (Wildman–Crippen LogP) is 3.53. The van der Waals surface area contributed by atoms with E-state index in [2.05, 4.69) is 10.2 Å². The average Bonchev–Trinajstić information content (AvgIpc) is 3.07. The first-order valence-corrected chi connectivity index (χ1v) is 9.60. The molecule has 7 nitrogen and oxygen atoms in total. The van der Waals surface area contributed by atoms with Gasteiger partial charge in [-0.25, -0.2) is 4.79 Å². The quantitative estimate of drug-likeness (QED) is 0.644. The lowest BCUT2D eigenvalue weighted by molar-refractivity contribution is -0.139. The van der Waals surface area contributed by atoms with E-state index in [1.807, 2.05) is 50.2 Å². The highest BCUT2D eigenvalue weighted by molar-refractivity contribution is 5.96. The molecule has 0 radical (unpaired) electrons. The van der Waals surface area contributed by atoms with Crippen molar-refractivity contribution in [2.45, 2.75) is 26.7 Å². The third-order valence-corrected chi connectivity index (χ3v) is 5.02. The fourth-order valence-electron chi connectivity index (χ4n) is 3.85. The second-order valence-corrected chi connectivity index (χ2v) is 6.73. The molecule has 0 fully saturated rings. The third-order valence-electron chi connectivity index (χ3n) is 5.02. The minimum Gasteiger partial charge on any atom is -0.494 e. The second-order valence-electron chi connectivity index (χ2n) is 6.73. The Kier molecular flexibility index (Phi) is 4.88. The van der Waals surface area contributed by atoms with Crippen molar-refractivity contribution in [3.8, 4) is 11.6 Å². The first-order chi connectivity index (χ1) is 14.1. The lowest BCUT2D eigenvalue weighted by Crippen LogP contribution is -2.28. The molecular weight excluding hydrogens is 370 g/mol. The van der Waals surface area contributed by atoms with Gasteiger partial charge in [0.1, 0.15) is 11.3 Å². The van der Waals surface area contributed by atoms with Crippen LogP contribution in [-0.2, 0) is 9.53 Å². The highest BCUT2D eigenvalue weighted by atomic mass is 16.5. The van der Waals surface area contributed by atoms with Crippen LogP contribution in [0, 0.1) is 6.92 Å². The van der Waals surface area contributed by atoms with Crippen LogP contribution in [0.1, 0.15) is 36.6 Å². The van der Waals surface area contributed by atoms with Crippen LogP contribution in [0.3, 0.4) is 0 Å². The number of H-pyrrole nitrogens is 1. The van der Waals surface area contributed by atoms with E-state index in [9.17, 15) is 4.79 Å². The van der Waals surface area contributed by atoms with Gasteiger partial charge in [0.2, 0.25) is 11.8 Å². The van der Waals surface area contributed by atoms with Gasteiger partial charge in [0.15, 0.2) is 0 Å². The van der Waals surface area contributed by atoms with Crippen molar-refractivity contribution in [1.82, 2.24) is 10.2 Å². The molecule has 1 aromatic heterocycles. The summed E-state index contributed by atoms with van der Waals surface area (Å²) in [5.41, 5.74) is 8.82. The van der Waals surface area contributed by atoms with Crippen molar-refractivity contribution in [1.29, 1.82) is 0 Å². The number of rotatable bonds is 5. The number of aryl methyl sites for hydroxylation is 1. The highest BCUT2D eigenvalue weighted by Crippen LogP contribution is 2.48. The Morgan fingerprint density at radius 1 is 1.17 bits per heavy atom. The van der Waals surface area contributed by atoms with Crippen molar-refractivity contribution in [2.75, 3.05) is 13.2 Å². The molecular formula is C22H23N3O4. The molecule has 0 saturated carbocycles. The molecule has 3 aromatic rings. The summed E-state index contributed by atoms with van der Waals surface area (Å²) in [5.74, 6) is -0.0312. The summed E-state index contributed by atoms with van der Waals surface area (Å²) in [4.78, 5) is 12.9. The predicted molar refractivity (Wildman–Crippen MR) is 109 cm³/mol. The summed E-state index contributed by atoms with van der Waals surface area (Å²) < 4.78 is 17.0. The highest BCUT2D eigenvalue weighted by Gasteiger charge is 2.40. The van der Waals surface area contributed by atoms with Crippen LogP contribution in [0.4, 0.5) is 0 Å². The van der Waals surface area contributed by atoms with E-state index in [-0.39, 0.29) is 18.1 Å². The van der Waals surface area contributed by atoms with E-state index in [0.717, 1.165) is 27.6 Å². The van der Waals surface area contributed by atoms with Crippen molar-refractivity contribution in [2.24, 2.45) is 5.73 Å². The molecule has 2 heterocycles. The van der Waals surface area contributed by atoms with Gasteiger partial charge in [-0.1, -0.05) is 30.3 Å². The second kappa shape index (κ2) is 7.50. The summed E-state index contributed by atoms with van der Waals surface area (Å²) in [6.07, 6.45) is 0.